The lowest BCUT2D eigenvalue weighted by atomic mass is 10.1. The van der Waals surface area contributed by atoms with Gasteiger partial charge in [-0.05, 0) is 51.4 Å². The first-order chi connectivity index (χ1) is 8.99. The molecule has 0 aromatic rings. The number of amides is 2. The predicted molar refractivity (Wildman–Crippen MR) is 71.9 cm³/mol. The van der Waals surface area contributed by atoms with Crippen LogP contribution in [0.15, 0.2) is 0 Å². The molecule has 0 aromatic heterocycles. The topological polar surface area (TPSA) is 69.6 Å². The maximum Gasteiger partial charge on any atom is 0.317 e. The smallest absolute Gasteiger partial charge is 0.317 e. The summed E-state index contributed by atoms with van der Waals surface area (Å²) in [6.07, 6.45) is 4.89. The highest BCUT2D eigenvalue weighted by molar-refractivity contribution is 5.76. The molecular weight excluding hydrogens is 244 g/mol. The number of nitrogens with one attached hydrogen (secondary N) is 1. The van der Waals surface area contributed by atoms with E-state index in [1.54, 1.807) is 4.90 Å². The Morgan fingerprint density at radius 3 is 2.11 bits per heavy atom. The maximum absolute atomic E-state index is 12.3. The molecule has 108 valence electrons. The molecule has 2 rings (SSSR count). The molecule has 5 heteroatoms. The molecule has 0 aliphatic heterocycles. The van der Waals surface area contributed by atoms with Crippen LogP contribution in [0, 0.1) is 11.8 Å². The molecule has 2 N–H and O–H groups in total. The van der Waals surface area contributed by atoms with E-state index in [4.69, 9.17) is 5.11 Å². The van der Waals surface area contributed by atoms with E-state index >= 15 is 0 Å². The van der Waals surface area contributed by atoms with Crippen LogP contribution in [0.4, 0.5) is 4.79 Å². The largest absolute Gasteiger partial charge is 0.481 e. The van der Waals surface area contributed by atoms with Crippen molar-refractivity contribution in [3.05, 3.63) is 0 Å². The van der Waals surface area contributed by atoms with Gasteiger partial charge in [-0.15, -0.1) is 0 Å². The first-order valence-corrected chi connectivity index (χ1v) is 7.28. The molecule has 2 saturated carbocycles. The van der Waals surface area contributed by atoms with E-state index in [0.717, 1.165) is 0 Å². The third-order valence-electron chi connectivity index (χ3n) is 4.00. The van der Waals surface area contributed by atoms with Gasteiger partial charge in [0.15, 0.2) is 0 Å². The number of carbonyl (C=O) groups is 2. The Labute approximate surface area is 114 Å². The van der Waals surface area contributed by atoms with Gasteiger partial charge in [-0.3, -0.25) is 4.79 Å². The number of carboxylic acid groups (broad SMARTS) is 1. The minimum absolute atomic E-state index is 0.00310. The van der Waals surface area contributed by atoms with Crippen molar-refractivity contribution in [3.63, 3.8) is 0 Å². The van der Waals surface area contributed by atoms with Crippen LogP contribution >= 0.6 is 0 Å². The number of rotatable bonds is 7. The van der Waals surface area contributed by atoms with E-state index < -0.39 is 5.97 Å². The van der Waals surface area contributed by atoms with Gasteiger partial charge in [0, 0.05) is 18.6 Å². The van der Waals surface area contributed by atoms with Gasteiger partial charge in [-0.25, -0.2) is 4.79 Å². The minimum atomic E-state index is -0.862. The summed E-state index contributed by atoms with van der Waals surface area (Å²) in [7, 11) is 0. The molecule has 5 nitrogen and oxygen atoms in total. The van der Waals surface area contributed by atoms with Crippen LogP contribution in [0.2, 0.25) is 0 Å². The summed E-state index contributed by atoms with van der Waals surface area (Å²) in [5.74, 6) is 0.453. The zero-order chi connectivity index (χ0) is 14.0. The molecule has 2 aliphatic carbocycles. The van der Waals surface area contributed by atoms with Crippen LogP contribution in [0.1, 0.15) is 46.0 Å². The Bertz CT molecular complexity index is 337. The van der Waals surface area contributed by atoms with Gasteiger partial charge in [0.25, 0.3) is 0 Å². The van der Waals surface area contributed by atoms with E-state index in [-0.39, 0.29) is 25.0 Å². The molecule has 2 aliphatic rings. The zero-order valence-corrected chi connectivity index (χ0v) is 11.8. The molecule has 0 bridgehead atoms. The van der Waals surface area contributed by atoms with Crippen LogP contribution in [-0.2, 0) is 4.79 Å². The second-order valence-electron chi connectivity index (χ2n) is 6.08. The highest BCUT2D eigenvalue weighted by Gasteiger charge is 2.42. The van der Waals surface area contributed by atoms with Crippen molar-refractivity contribution in [1.29, 1.82) is 0 Å². The average molecular weight is 268 g/mol. The first-order valence-electron chi connectivity index (χ1n) is 7.28. The van der Waals surface area contributed by atoms with E-state index in [1.807, 2.05) is 13.8 Å². The third-order valence-corrected chi connectivity index (χ3v) is 4.00. The van der Waals surface area contributed by atoms with Crippen molar-refractivity contribution < 1.29 is 14.7 Å². The van der Waals surface area contributed by atoms with Gasteiger partial charge in [-0.1, -0.05) is 0 Å². The van der Waals surface area contributed by atoms with Gasteiger partial charge < -0.3 is 15.3 Å². The fourth-order valence-electron chi connectivity index (χ4n) is 2.57. The number of carboxylic acids is 1. The van der Waals surface area contributed by atoms with Gasteiger partial charge in [-0.2, -0.15) is 0 Å². The summed E-state index contributed by atoms with van der Waals surface area (Å²) in [6, 6.07) is 0.247. The first kappa shape index (κ1) is 14.2. The van der Waals surface area contributed by atoms with Gasteiger partial charge >= 0.3 is 12.0 Å². The molecule has 0 spiro atoms. The van der Waals surface area contributed by atoms with Crippen molar-refractivity contribution >= 4 is 12.0 Å². The molecule has 0 radical (unpaired) electrons. The molecule has 0 heterocycles. The average Bonchev–Trinajstić information content (AvgIpc) is 3.17. The highest BCUT2D eigenvalue weighted by atomic mass is 16.4. The summed E-state index contributed by atoms with van der Waals surface area (Å²) in [5, 5.41) is 11.9. The van der Waals surface area contributed by atoms with Crippen LogP contribution in [0.5, 0.6) is 0 Å². The molecule has 2 fully saturated rings. The summed E-state index contributed by atoms with van der Waals surface area (Å²) in [4.78, 5) is 24.6. The molecule has 19 heavy (non-hydrogen) atoms. The molecule has 0 unspecified atom stereocenters. The summed E-state index contributed by atoms with van der Waals surface area (Å²) in [5.41, 5.74) is 0. The standard InChI is InChI=1S/C14H24N2O3/c1-9(2)16(8-7-12(17)18)14(19)15-13(10-3-4-10)11-5-6-11/h9-11,13H,3-8H2,1-2H3,(H,15,19)(H,17,18). The van der Waals surface area contributed by atoms with Crippen LogP contribution in [0.25, 0.3) is 0 Å². The number of hydrogen-bond donors (Lipinski definition) is 2. The Hall–Kier alpha value is -1.26. The lowest BCUT2D eigenvalue weighted by Gasteiger charge is -2.29. The Balaban J connectivity index is 1.88. The summed E-state index contributed by atoms with van der Waals surface area (Å²) in [6.45, 7) is 4.12. The van der Waals surface area contributed by atoms with Crippen molar-refractivity contribution in [3.8, 4) is 0 Å². The van der Waals surface area contributed by atoms with E-state index in [0.29, 0.717) is 17.9 Å². The van der Waals surface area contributed by atoms with Crippen molar-refractivity contribution in [2.24, 2.45) is 11.8 Å². The third kappa shape index (κ3) is 4.11. The fourth-order valence-corrected chi connectivity index (χ4v) is 2.57. The molecule has 0 aromatic carbocycles. The normalized spacial score (nSPS) is 18.7. The number of urea groups is 1. The monoisotopic (exact) mass is 268 g/mol. The van der Waals surface area contributed by atoms with Crippen LogP contribution in [-0.4, -0.2) is 40.6 Å². The van der Waals surface area contributed by atoms with Gasteiger partial charge in [0.05, 0.1) is 6.42 Å². The molecule has 2 amide bonds. The van der Waals surface area contributed by atoms with E-state index in [1.165, 1.54) is 25.7 Å². The zero-order valence-electron chi connectivity index (χ0n) is 11.8. The lowest BCUT2D eigenvalue weighted by molar-refractivity contribution is -0.137. The number of nitrogens with zero attached hydrogens (tertiary/aromatic N) is 1. The number of carbonyl (C=O) groups excluding carboxylic acids is 1. The quantitative estimate of drug-likeness (QED) is 0.742. The number of hydrogen-bond acceptors (Lipinski definition) is 2. The van der Waals surface area contributed by atoms with E-state index in [2.05, 4.69) is 5.32 Å². The van der Waals surface area contributed by atoms with Crippen LogP contribution < -0.4 is 5.32 Å². The summed E-state index contributed by atoms with van der Waals surface area (Å²) < 4.78 is 0. The van der Waals surface area contributed by atoms with Crippen molar-refractivity contribution in [1.82, 2.24) is 10.2 Å². The molecule has 0 atom stereocenters. The van der Waals surface area contributed by atoms with Gasteiger partial charge in [0.1, 0.15) is 0 Å². The second kappa shape index (κ2) is 5.80. The Morgan fingerprint density at radius 2 is 1.74 bits per heavy atom. The van der Waals surface area contributed by atoms with E-state index in [9.17, 15) is 9.59 Å². The molecular formula is C14H24N2O3. The minimum Gasteiger partial charge on any atom is -0.481 e. The Kier molecular flexibility index (Phi) is 4.32. The predicted octanol–water partition coefficient (Wildman–Crippen LogP) is 2.07. The number of aliphatic carboxylic acids is 1. The lowest BCUT2D eigenvalue weighted by Crippen LogP contribution is -2.49. The maximum atomic E-state index is 12.3. The SMILES string of the molecule is CC(C)N(CCC(=O)O)C(=O)NC(C1CC1)C1CC1. The second-order valence-corrected chi connectivity index (χ2v) is 6.08. The van der Waals surface area contributed by atoms with Crippen molar-refractivity contribution in [2.45, 2.75) is 58.0 Å². The van der Waals surface area contributed by atoms with Crippen molar-refractivity contribution in [2.75, 3.05) is 6.54 Å². The molecule has 0 saturated heterocycles. The summed E-state index contributed by atoms with van der Waals surface area (Å²) >= 11 is 0. The Morgan fingerprint density at radius 1 is 1.21 bits per heavy atom. The highest BCUT2D eigenvalue weighted by Crippen LogP contribution is 2.44. The fraction of sp³-hybridized carbons (Fsp3) is 0.857. The van der Waals surface area contributed by atoms with Gasteiger partial charge in [0.2, 0.25) is 0 Å². The van der Waals surface area contributed by atoms with Crippen LogP contribution in [0.3, 0.4) is 0 Å².